The molecule has 2 aromatic carbocycles. The van der Waals surface area contributed by atoms with Crippen molar-refractivity contribution < 1.29 is 33.3 Å². The van der Waals surface area contributed by atoms with Crippen LogP contribution in [0.2, 0.25) is 0 Å². The summed E-state index contributed by atoms with van der Waals surface area (Å²) >= 11 is 0. The van der Waals surface area contributed by atoms with Gasteiger partial charge < -0.3 is 23.7 Å². The van der Waals surface area contributed by atoms with Crippen LogP contribution in [0, 0.1) is 0 Å². The molecule has 0 N–H and O–H groups in total. The molecule has 0 aliphatic rings. The van der Waals surface area contributed by atoms with Crippen LogP contribution < -0.4 is 18.9 Å². The van der Waals surface area contributed by atoms with Crippen molar-refractivity contribution in [3.8, 4) is 23.0 Å². The molecule has 27 heavy (non-hydrogen) atoms. The monoisotopic (exact) mass is 374 g/mol. The molecule has 0 amide bonds. The molecule has 7 nitrogen and oxygen atoms in total. The number of hydrogen-bond acceptors (Lipinski definition) is 7. The van der Waals surface area contributed by atoms with Crippen molar-refractivity contribution in [1.82, 2.24) is 0 Å². The Kier molecular flexibility index (Phi) is 7.49. The lowest BCUT2D eigenvalue weighted by molar-refractivity contribution is -0.144. The summed E-state index contributed by atoms with van der Waals surface area (Å²) in [6, 6.07) is 11.6. The summed E-state index contributed by atoms with van der Waals surface area (Å²) in [6.45, 7) is 1.75. The van der Waals surface area contributed by atoms with Crippen molar-refractivity contribution >= 4 is 11.8 Å². The summed E-state index contributed by atoms with van der Waals surface area (Å²) in [6.07, 6.45) is 0. The van der Waals surface area contributed by atoms with Gasteiger partial charge in [-0.3, -0.25) is 4.79 Å². The van der Waals surface area contributed by atoms with Gasteiger partial charge in [-0.05, 0) is 43.3 Å². The molecule has 144 valence electrons. The highest BCUT2D eigenvalue weighted by atomic mass is 16.6. The Morgan fingerprint density at radius 2 is 1.44 bits per heavy atom. The van der Waals surface area contributed by atoms with Crippen LogP contribution in [0.4, 0.5) is 0 Å². The number of carbonyl (C=O) groups excluding carboxylic acids is 2. The second kappa shape index (κ2) is 10.1. The molecule has 0 aliphatic heterocycles. The first kappa shape index (κ1) is 20.1. The first-order valence-electron chi connectivity index (χ1n) is 8.34. The fourth-order valence-electron chi connectivity index (χ4n) is 2.24. The molecule has 0 aliphatic carbocycles. The Hall–Kier alpha value is -3.22. The zero-order chi connectivity index (χ0) is 19.6. The summed E-state index contributed by atoms with van der Waals surface area (Å²) in [5.74, 6) is 1.09. The maximum absolute atomic E-state index is 12.2. The summed E-state index contributed by atoms with van der Waals surface area (Å²) in [7, 11) is 2.96. The Morgan fingerprint density at radius 1 is 0.815 bits per heavy atom. The molecule has 0 saturated carbocycles. The van der Waals surface area contributed by atoms with Crippen molar-refractivity contribution in [1.29, 1.82) is 0 Å². The van der Waals surface area contributed by atoms with E-state index in [1.54, 1.807) is 42.5 Å². The standard InChI is InChI=1S/C20H22O7/c1-4-25-14-5-7-15(8-6-14)26-13-20(22)27-12-18(21)17-10-9-16(23-2)11-19(17)24-3/h5-11H,4,12-13H2,1-3H3. The third-order valence-electron chi connectivity index (χ3n) is 3.56. The number of ketones is 1. The quantitative estimate of drug-likeness (QED) is 0.467. The first-order chi connectivity index (χ1) is 13.1. The van der Waals surface area contributed by atoms with Gasteiger partial charge in [0.15, 0.2) is 13.2 Å². The highest BCUT2D eigenvalue weighted by molar-refractivity contribution is 6.00. The van der Waals surface area contributed by atoms with Crippen LogP contribution in [-0.4, -0.2) is 45.8 Å². The van der Waals surface area contributed by atoms with E-state index in [1.165, 1.54) is 14.2 Å². The average Bonchev–Trinajstić information content (AvgIpc) is 2.71. The predicted octanol–water partition coefficient (Wildman–Crippen LogP) is 2.91. The van der Waals surface area contributed by atoms with Gasteiger partial charge in [-0.15, -0.1) is 0 Å². The summed E-state index contributed by atoms with van der Waals surface area (Å²) in [5, 5.41) is 0. The number of carbonyl (C=O) groups is 2. The van der Waals surface area contributed by atoms with Gasteiger partial charge in [-0.2, -0.15) is 0 Å². The third-order valence-corrected chi connectivity index (χ3v) is 3.56. The van der Waals surface area contributed by atoms with Gasteiger partial charge in [-0.25, -0.2) is 4.79 Å². The molecule has 0 atom stereocenters. The van der Waals surface area contributed by atoms with E-state index in [4.69, 9.17) is 23.7 Å². The number of benzene rings is 2. The van der Waals surface area contributed by atoms with E-state index in [0.717, 1.165) is 0 Å². The van der Waals surface area contributed by atoms with Crippen LogP contribution in [-0.2, 0) is 9.53 Å². The van der Waals surface area contributed by atoms with Gasteiger partial charge in [0.05, 0.1) is 26.4 Å². The number of rotatable bonds is 10. The van der Waals surface area contributed by atoms with E-state index >= 15 is 0 Å². The van der Waals surface area contributed by atoms with Crippen molar-refractivity contribution in [3.63, 3.8) is 0 Å². The molecule has 0 bridgehead atoms. The lowest BCUT2D eigenvalue weighted by atomic mass is 10.1. The van der Waals surface area contributed by atoms with Crippen molar-refractivity contribution in [2.24, 2.45) is 0 Å². The third kappa shape index (κ3) is 5.91. The minimum absolute atomic E-state index is 0.304. The fourth-order valence-corrected chi connectivity index (χ4v) is 2.24. The molecule has 0 aromatic heterocycles. The van der Waals surface area contributed by atoms with Crippen LogP contribution in [0.15, 0.2) is 42.5 Å². The number of methoxy groups -OCH3 is 2. The Balaban J connectivity index is 1.83. The lowest BCUT2D eigenvalue weighted by Gasteiger charge is -2.10. The summed E-state index contributed by atoms with van der Waals surface area (Å²) < 4.78 is 25.9. The SMILES string of the molecule is CCOc1ccc(OCC(=O)OCC(=O)c2ccc(OC)cc2OC)cc1. The average molecular weight is 374 g/mol. The van der Waals surface area contributed by atoms with E-state index in [2.05, 4.69) is 0 Å². The van der Waals surface area contributed by atoms with Gasteiger partial charge >= 0.3 is 5.97 Å². The van der Waals surface area contributed by atoms with E-state index in [1.807, 2.05) is 6.92 Å². The van der Waals surface area contributed by atoms with Gasteiger partial charge in [0.2, 0.25) is 5.78 Å². The van der Waals surface area contributed by atoms with Crippen molar-refractivity contribution in [3.05, 3.63) is 48.0 Å². The number of ether oxygens (including phenoxy) is 5. The zero-order valence-corrected chi connectivity index (χ0v) is 15.5. The topological polar surface area (TPSA) is 80.3 Å². The Morgan fingerprint density at radius 3 is 2.04 bits per heavy atom. The van der Waals surface area contributed by atoms with Crippen LogP contribution in [0.3, 0.4) is 0 Å². The maximum atomic E-state index is 12.2. The molecule has 2 aromatic rings. The molecule has 0 saturated heterocycles. The molecule has 0 radical (unpaired) electrons. The van der Waals surface area contributed by atoms with Crippen molar-refractivity contribution in [2.75, 3.05) is 34.0 Å². The van der Waals surface area contributed by atoms with E-state index in [9.17, 15) is 9.59 Å². The van der Waals surface area contributed by atoms with E-state index < -0.39 is 12.6 Å². The normalized spacial score (nSPS) is 10.0. The van der Waals surface area contributed by atoms with E-state index in [0.29, 0.717) is 35.2 Å². The molecule has 0 spiro atoms. The Bertz CT molecular complexity index is 768. The van der Waals surface area contributed by atoms with Gasteiger partial charge in [0.25, 0.3) is 0 Å². The Labute approximate surface area is 157 Å². The number of hydrogen-bond donors (Lipinski definition) is 0. The van der Waals surface area contributed by atoms with Crippen LogP contribution >= 0.6 is 0 Å². The molecular weight excluding hydrogens is 352 g/mol. The van der Waals surface area contributed by atoms with Crippen LogP contribution in [0.5, 0.6) is 23.0 Å². The second-order valence-electron chi connectivity index (χ2n) is 5.34. The van der Waals surface area contributed by atoms with Crippen LogP contribution in [0.1, 0.15) is 17.3 Å². The minimum Gasteiger partial charge on any atom is -0.497 e. The minimum atomic E-state index is -0.648. The fraction of sp³-hybridized carbons (Fsp3) is 0.300. The second-order valence-corrected chi connectivity index (χ2v) is 5.34. The molecule has 0 unspecified atom stereocenters. The highest BCUT2D eigenvalue weighted by Crippen LogP contribution is 2.25. The van der Waals surface area contributed by atoms with Gasteiger partial charge in [-0.1, -0.05) is 0 Å². The van der Waals surface area contributed by atoms with E-state index in [-0.39, 0.29) is 12.4 Å². The first-order valence-corrected chi connectivity index (χ1v) is 8.34. The van der Waals surface area contributed by atoms with Crippen molar-refractivity contribution in [2.45, 2.75) is 6.92 Å². The smallest absolute Gasteiger partial charge is 0.344 e. The van der Waals surface area contributed by atoms with Gasteiger partial charge in [0.1, 0.15) is 23.0 Å². The summed E-state index contributed by atoms with van der Waals surface area (Å²) in [5.41, 5.74) is 0.304. The molecule has 0 fully saturated rings. The highest BCUT2D eigenvalue weighted by Gasteiger charge is 2.16. The molecule has 7 heteroatoms. The molecular formula is C20H22O7. The predicted molar refractivity (Wildman–Crippen MR) is 97.9 cm³/mol. The lowest BCUT2D eigenvalue weighted by Crippen LogP contribution is -2.19. The van der Waals surface area contributed by atoms with Crippen LogP contribution in [0.25, 0.3) is 0 Å². The molecule has 0 heterocycles. The largest absolute Gasteiger partial charge is 0.497 e. The maximum Gasteiger partial charge on any atom is 0.344 e. The van der Waals surface area contributed by atoms with Gasteiger partial charge in [0, 0.05) is 6.07 Å². The number of Topliss-reactive ketones (excluding diaryl/α,β-unsaturated/α-hetero) is 1. The summed E-state index contributed by atoms with van der Waals surface area (Å²) in [4.78, 5) is 24.1. The molecule has 2 rings (SSSR count). The number of esters is 1. The zero-order valence-electron chi connectivity index (χ0n) is 15.5.